The van der Waals surface area contributed by atoms with Gasteiger partial charge in [-0.25, -0.2) is 0 Å². The molecule has 0 atom stereocenters. The third-order valence-electron chi connectivity index (χ3n) is 4.35. The van der Waals surface area contributed by atoms with E-state index in [1.807, 2.05) is 32.2 Å². The number of carbonyl (C=O) groups excluding carboxylic acids is 1. The molecule has 4 heteroatoms. The molecule has 0 bridgehead atoms. The first-order valence-electron chi connectivity index (χ1n) is 7.45. The zero-order valence-corrected chi connectivity index (χ0v) is 12.6. The Bertz CT molecular complexity index is 467. The fraction of sp³-hybridized carbons (Fsp3) is 0.625. The van der Waals surface area contributed by atoms with E-state index in [0.29, 0.717) is 13.1 Å². The molecule has 0 aromatic carbocycles. The molecular weight excluding hydrogens is 250 g/mol. The summed E-state index contributed by atoms with van der Waals surface area (Å²) >= 11 is 0. The standard InChI is InChI=1S/C16H25N3O/c1-13-7-6-8-14(18-13)11-19(2)15(20)16(12-17)9-4-3-5-10-16/h6-8H,3-5,9-12,17H2,1-2H3. The molecule has 2 N–H and O–H groups in total. The quantitative estimate of drug-likeness (QED) is 0.917. The van der Waals surface area contributed by atoms with E-state index in [-0.39, 0.29) is 11.3 Å². The summed E-state index contributed by atoms with van der Waals surface area (Å²) < 4.78 is 0. The van der Waals surface area contributed by atoms with Crippen molar-refractivity contribution in [3.63, 3.8) is 0 Å². The van der Waals surface area contributed by atoms with Crippen molar-refractivity contribution < 1.29 is 4.79 Å². The van der Waals surface area contributed by atoms with E-state index in [0.717, 1.165) is 37.1 Å². The second-order valence-electron chi connectivity index (χ2n) is 5.98. The zero-order valence-electron chi connectivity index (χ0n) is 12.6. The summed E-state index contributed by atoms with van der Waals surface area (Å²) in [6.45, 7) is 2.98. The molecule has 1 aromatic rings. The lowest BCUT2D eigenvalue weighted by Gasteiger charge is -2.37. The molecule has 1 aromatic heterocycles. The molecule has 1 fully saturated rings. The fourth-order valence-corrected chi connectivity index (χ4v) is 3.14. The van der Waals surface area contributed by atoms with Gasteiger partial charge in [-0.1, -0.05) is 25.3 Å². The Hall–Kier alpha value is -1.42. The molecule has 0 unspecified atom stereocenters. The zero-order chi connectivity index (χ0) is 14.6. The molecule has 1 saturated carbocycles. The Kier molecular flexibility index (Phi) is 4.76. The molecule has 0 radical (unpaired) electrons. The lowest BCUT2D eigenvalue weighted by molar-refractivity contribution is -0.142. The first kappa shape index (κ1) is 15.0. The fourth-order valence-electron chi connectivity index (χ4n) is 3.14. The van der Waals surface area contributed by atoms with Gasteiger partial charge in [0, 0.05) is 19.3 Å². The minimum absolute atomic E-state index is 0.183. The second kappa shape index (κ2) is 6.35. The first-order valence-corrected chi connectivity index (χ1v) is 7.45. The largest absolute Gasteiger partial charge is 0.339 e. The Morgan fingerprint density at radius 1 is 1.35 bits per heavy atom. The highest BCUT2D eigenvalue weighted by molar-refractivity contribution is 5.82. The van der Waals surface area contributed by atoms with E-state index in [4.69, 9.17) is 5.73 Å². The monoisotopic (exact) mass is 275 g/mol. The molecule has 4 nitrogen and oxygen atoms in total. The van der Waals surface area contributed by atoms with E-state index >= 15 is 0 Å². The van der Waals surface area contributed by atoms with Gasteiger partial charge in [0.25, 0.3) is 0 Å². The number of amides is 1. The van der Waals surface area contributed by atoms with Crippen LogP contribution in [0, 0.1) is 12.3 Å². The highest BCUT2D eigenvalue weighted by Gasteiger charge is 2.39. The predicted octanol–water partition coefficient (Wildman–Crippen LogP) is 2.26. The topological polar surface area (TPSA) is 59.2 Å². The summed E-state index contributed by atoms with van der Waals surface area (Å²) in [6, 6.07) is 5.91. The summed E-state index contributed by atoms with van der Waals surface area (Å²) in [5.74, 6) is 0.183. The summed E-state index contributed by atoms with van der Waals surface area (Å²) in [4.78, 5) is 19.0. The van der Waals surface area contributed by atoms with Crippen molar-refractivity contribution in [1.82, 2.24) is 9.88 Å². The minimum atomic E-state index is -0.336. The number of nitrogens with two attached hydrogens (primary N) is 1. The molecule has 2 rings (SSSR count). The molecule has 20 heavy (non-hydrogen) atoms. The second-order valence-corrected chi connectivity index (χ2v) is 5.98. The van der Waals surface area contributed by atoms with Crippen LogP contribution in [-0.4, -0.2) is 29.4 Å². The van der Waals surface area contributed by atoms with Crippen molar-refractivity contribution in [1.29, 1.82) is 0 Å². The van der Waals surface area contributed by atoms with Crippen molar-refractivity contribution in [2.45, 2.75) is 45.6 Å². The number of pyridine rings is 1. The third kappa shape index (κ3) is 3.18. The maximum Gasteiger partial charge on any atom is 0.230 e. The first-order chi connectivity index (χ1) is 9.57. The predicted molar refractivity (Wildman–Crippen MR) is 80.0 cm³/mol. The Balaban J connectivity index is 2.07. The summed E-state index contributed by atoms with van der Waals surface area (Å²) in [6.07, 6.45) is 5.29. The number of rotatable bonds is 4. The van der Waals surface area contributed by atoms with Crippen molar-refractivity contribution >= 4 is 5.91 Å². The number of aromatic nitrogens is 1. The lowest BCUT2D eigenvalue weighted by atomic mass is 9.73. The van der Waals surface area contributed by atoms with E-state index in [1.165, 1.54) is 6.42 Å². The van der Waals surface area contributed by atoms with Crippen LogP contribution in [0.3, 0.4) is 0 Å². The average Bonchev–Trinajstić information content (AvgIpc) is 2.47. The van der Waals surface area contributed by atoms with Crippen molar-refractivity contribution in [3.05, 3.63) is 29.6 Å². The molecule has 1 aliphatic rings. The van der Waals surface area contributed by atoms with Crippen LogP contribution < -0.4 is 5.73 Å². The van der Waals surface area contributed by atoms with Gasteiger partial charge in [0.05, 0.1) is 17.7 Å². The van der Waals surface area contributed by atoms with Crippen LogP contribution in [0.2, 0.25) is 0 Å². The number of hydrogen-bond acceptors (Lipinski definition) is 3. The number of carbonyl (C=O) groups is 1. The van der Waals surface area contributed by atoms with Gasteiger partial charge in [-0.05, 0) is 31.9 Å². The van der Waals surface area contributed by atoms with Gasteiger partial charge in [-0.15, -0.1) is 0 Å². The van der Waals surface area contributed by atoms with Gasteiger partial charge >= 0.3 is 0 Å². The van der Waals surface area contributed by atoms with Gasteiger partial charge in [0.15, 0.2) is 0 Å². The molecule has 1 amide bonds. The Morgan fingerprint density at radius 2 is 2.05 bits per heavy atom. The van der Waals surface area contributed by atoms with Crippen LogP contribution in [-0.2, 0) is 11.3 Å². The molecule has 0 saturated heterocycles. The maximum atomic E-state index is 12.8. The van der Waals surface area contributed by atoms with Crippen molar-refractivity contribution in [3.8, 4) is 0 Å². The SMILES string of the molecule is Cc1cccc(CN(C)C(=O)C2(CN)CCCCC2)n1. The molecule has 110 valence electrons. The highest BCUT2D eigenvalue weighted by atomic mass is 16.2. The van der Waals surface area contributed by atoms with Gasteiger partial charge in [0.2, 0.25) is 5.91 Å². The lowest BCUT2D eigenvalue weighted by Crippen LogP contribution is -2.47. The van der Waals surface area contributed by atoms with Crippen LogP contribution in [0.4, 0.5) is 0 Å². The van der Waals surface area contributed by atoms with Crippen LogP contribution in [0.5, 0.6) is 0 Å². The van der Waals surface area contributed by atoms with E-state index < -0.39 is 0 Å². The van der Waals surface area contributed by atoms with Gasteiger partial charge in [-0.3, -0.25) is 9.78 Å². The number of nitrogens with zero attached hydrogens (tertiary/aromatic N) is 2. The third-order valence-corrected chi connectivity index (χ3v) is 4.35. The molecule has 0 aliphatic heterocycles. The van der Waals surface area contributed by atoms with Crippen molar-refractivity contribution in [2.75, 3.05) is 13.6 Å². The minimum Gasteiger partial charge on any atom is -0.339 e. The van der Waals surface area contributed by atoms with Crippen molar-refractivity contribution in [2.24, 2.45) is 11.1 Å². The molecular formula is C16H25N3O. The molecule has 1 heterocycles. The van der Waals surface area contributed by atoms with Crippen LogP contribution in [0.15, 0.2) is 18.2 Å². The number of hydrogen-bond donors (Lipinski definition) is 1. The number of aryl methyl sites for hydroxylation is 1. The summed E-state index contributed by atoms with van der Waals surface area (Å²) in [7, 11) is 1.86. The van der Waals surface area contributed by atoms with Crippen LogP contribution in [0.25, 0.3) is 0 Å². The molecule has 0 spiro atoms. The van der Waals surface area contributed by atoms with E-state index in [1.54, 1.807) is 4.90 Å². The van der Waals surface area contributed by atoms with Crippen LogP contribution >= 0.6 is 0 Å². The summed E-state index contributed by atoms with van der Waals surface area (Å²) in [5, 5.41) is 0. The van der Waals surface area contributed by atoms with E-state index in [9.17, 15) is 4.79 Å². The normalized spacial score (nSPS) is 17.8. The molecule has 1 aliphatic carbocycles. The van der Waals surface area contributed by atoms with Gasteiger partial charge in [0.1, 0.15) is 0 Å². The van der Waals surface area contributed by atoms with Crippen LogP contribution in [0.1, 0.15) is 43.5 Å². The average molecular weight is 275 g/mol. The smallest absolute Gasteiger partial charge is 0.230 e. The maximum absolute atomic E-state index is 12.8. The Morgan fingerprint density at radius 3 is 2.65 bits per heavy atom. The van der Waals surface area contributed by atoms with E-state index in [2.05, 4.69) is 4.98 Å². The van der Waals surface area contributed by atoms with Gasteiger partial charge < -0.3 is 10.6 Å². The summed E-state index contributed by atoms with van der Waals surface area (Å²) in [5.41, 5.74) is 7.51. The highest BCUT2D eigenvalue weighted by Crippen LogP contribution is 2.37. The van der Waals surface area contributed by atoms with Gasteiger partial charge in [-0.2, -0.15) is 0 Å². The Labute approximate surface area is 121 Å².